The maximum atomic E-state index is 5.44. The molecule has 0 saturated heterocycles. The first-order chi connectivity index (χ1) is 7.25. The molecule has 0 aliphatic heterocycles. The van der Waals surface area contributed by atoms with Crippen molar-refractivity contribution < 1.29 is 9.26 Å². The van der Waals surface area contributed by atoms with Gasteiger partial charge < -0.3 is 9.26 Å². The lowest BCUT2D eigenvalue weighted by atomic mass is 10.3. The molecule has 1 saturated carbocycles. The van der Waals surface area contributed by atoms with Crippen LogP contribution in [0.1, 0.15) is 50.7 Å². The highest BCUT2D eigenvalue weighted by molar-refractivity contribution is 5.03. The van der Waals surface area contributed by atoms with Crippen LogP contribution in [0.4, 0.5) is 0 Å². The zero-order chi connectivity index (χ0) is 10.7. The van der Waals surface area contributed by atoms with E-state index in [1.54, 1.807) is 0 Å². The monoisotopic (exact) mass is 210 g/mol. The smallest absolute Gasteiger partial charge is 0.226 e. The summed E-state index contributed by atoms with van der Waals surface area (Å²) < 4.78 is 10.6. The van der Waals surface area contributed by atoms with E-state index in [9.17, 15) is 0 Å². The summed E-state index contributed by atoms with van der Waals surface area (Å²) in [5.41, 5.74) is 0. The molecule has 1 aromatic heterocycles. The Morgan fingerprint density at radius 2 is 2.27 bits per heavy atom. The van der Waals surface area contributed by atoms with E-state index in [4.69, 9.17) is 9.26 Å². The molecule has 15 heavy (non-hydrogen) atoms. The lowest BCUT2D eigenvalue weighted by Gasteiger charge is -2.05. The van der Waals surface area contributed by atoms with E-state index in [2.05, 4.69) is 10.1 Å². The number of ether oxygens (including phenoxy) is 1. The molecular weight excluding hydrogens is 192 g/mol. The van der Waals surface area contributed by atoms with Gasteiger partial charge in [0.1, 0.15) is 0 Å². The van der Waals surface area contributed by atoms with Crippen LogP contribution < -0.4 is 0 Å². The standard InChI is InChI=1S/C11H18N2O2/c1-8(2)14-7-3-4-10-12-11(13-15-10)9-5-6-9/h8-9H,3-7H2,1-2H3. The van der Waals surface area contributed by atoms with Gasteiger partial charge in [0.15, 0.2) is 5.82 Å². The molecule has 0 unspecified atom stereocenters. The van der Waals surface area contributed by atoms with Gasteiger partial charge in [-0.05, 0) is 33.1 Å². The largest absolute Gasteiger partial charge is 0.379 e. The minimum atomic E-state index is 0.301. The SMILES string of the molecule is CC(C)OCCCc1nc(C2CC2)no1. The van der Waals surface area contributed by atoms with Crippen LogP contribution in [-0.4, -0.2) is 22.9 Å². The molecule has 2 rings (SSSR count). The fraction of sp³-hybridized carbons (Fsp3) is 0.818. The molecular formula is C11H18N2O2. The average Bonchev–Trinajstić information content (AvgIpc) is 2.94. The summed E-state index contributed by atoms with van der Waals surface area (Å²) in [5, 5.41) is 3.97. The lowest BCUT2D eigenvalue weighted by molar-refractivity contribution is 0.0761. The first-order valence-corrected chi connectivity index (χ1v) is 5.70. The summed E-state index contributed by atoms with van der Waals surface area (Å²) in [7, 11) is 0. The molecule has 0 amide bonds. The van der Waals surface area contributed by atoms with Crippen molar-refractivity contribution in [2.75, 3.05) is 6.61 Å². The predicted octanol–water partition coefficient (Wildman–Crippen LogP) is 2.30. The van der Waals surface area contributed by atoms with Crippen molar-refractivity contribution in [3.8, 4) is 0 Å². The minimum absolute atomic E-state index is 0.301. The zero-order valence-electron chi connectivity index (χ0n) is 9.40. The normalized spacial score (nSPS) is 16.2. The highest BCUT2D eigenvalue weighted by Crippen LogP contribution is 2.38. The Morgan fingerprint density at radius 1 is 1.47 bits per heavy atom. The van der Waals surface area contributed by atoms with Crippen molar-refractivity contribution >= 4 is 0 Å². The van der Waals surface area contributed by atoms with Crippen molar-refractivity contribution in [3.05, 3.63) is 11.7 Å². The molecule has 0 spiro atoms. The second kappa shape index (κ2) is 4.75. The highest BCUT2D eigenvalue weighted by Gasteiger charge is 2.28. The van der Waals surface area contributed by atoms with Crippen molar-refractivity contribution in [2.24, 2.45) is 0 Å². The topological polar surface area (TPSA) is 48.2 Å². The number of aromatic nitrogens is 2. The maximum absolute atomic E-state index is 5.44. The maximum Gasteiger partial charge on any atom is 0.226 e. The van der Waals surface area contributed by atoms with E-state index < -0.39 is 0 Å². The summed E-state index contributed by atoms with van der Waals surface area (Å²) in [6.45, 7) is 4.84. The van der Waals surface area contributed by atoms with E-state index in [0.29, 0.717) is 12.0 Å². The molecule has 0 bridgehead atoms. The van der Waals surface area contributed by atoms with Gasteiger partial charge >= 0.3 is 0 Å². The van der Waals surface area contributed by atoms with Crippen molar-refractivity contribution in [1.82, 2.24) is 10.1 Å². The highest BCUT2D eigenvalue weighted by atomic mass is 16.5. The molecule has 1 fully saturated rings. The van der Waals surface area contributed by atoms with Crippen LogP contribution in [0.2, 0.25) is 0 Å². The molecule has 0 aromatic carbocycles. The molecule has 0 radical (unpaired) electrons. The van der Waals surface area contributed by atoms with Gasteiger partial charge in [-0.15, -0.1) is 0 Å². The Bertz CT molecular complexity index is 305. The van der Waals surface area contributed by atoms with Crippen LogP contribution in [0.25, 0.3) is 0 Å². The van der Waals surface area contributed by atoms with Gasteiger partial charge in [-0.2, -0.15) is 4.98 Å². The fourth-order valence-electron chi connectivity index (χ4n) is 1.42. The average molecular weight is 210 g/mol. The van der Waals surface area contributed by atoms with Gasteiger partial charge in [-0.1, -0.05) is 5.16 Å². The number of hydrogen-bond acceptors (Lipinski definition) is 4. The van der Waals surface area contributed by atoms with Gasteiger partial charge in [0, 0.05) is 18.9 Å². The van der Waals surface area contributed by atoms with Crippen molar-refractivity contribution in [3.63, 3.8) is 0 Å². The Balaban J connectivity index is 1.69. The zero-order valence-corrected chi connectivity index (χ0v) is 9.40. The van der Waals surface area contributed by atoms with Crippen LogP contribution in [0, 0.1) is 0 Å². The Morgan fingerprint density at radius 3 is 2.93 bits per heavy atom. The van der Waals surface area contributed by atoms with Crippen molar-refractivity contribution in [1.29, 1.82) is 0 Å². The molecule has 84 valence electrons. The quantitative estimate of drug-likeness (QED) is 0.676. The molecule has 1 aromatic rings. The molecule has 0 N–H and O–H groups in total. The van der Waals surface area contributed by atoms with Crippen LogP contribution >= 0.6 is 0 Å². The van der Waals surface area contributed by atoms with E-state index in [1.807, 2.05) is 13.8 Å². The molecule has 4 heteroatoms. The minimum Gasteiger partial charge on any atom is -0.379 e. The molecule has 1 aliphatic carbocycles. The number of nitrogens with zero attached hydrogens (tertiary/aromatic N) is 2. The second-order valence-corrected chi connectivity index (χ2v) is 4.34. The van der Waals surface area contributed by atoms with Crippen LogP contribution in [0.3, 0.4) is 0 Å². The number of aryl methyl sites for hydroxylation is 1. The Labute approximate surface area is 90.0 Å². The number of rotatable bonds is 6. The van der Waals surface area contributed by atoms with Gasteiger partial charge in [0.25, 0.3) is 0 Å². The summed E-state index contributed by atoms with van der Waals surface area (Å²) in [5.74, 6) is 2.23. The summed E-state index contributed by atoms with van der Waals surface area (Å²) in [4.78, 5) is 4.36. The predicted molar refractivity (Wildman–Crippen MR) is 55.7 cm³/mol. The van der Waals surface area contributed by atoms with Crippen LogP contribution in [-0.2, 0) is 11.2 Å². The lowest BCUT2D eigenvalue weighted by Crippen LogP contribution is -2.04. The first kappa shape index (κ1) is 10.6. The second-order valence-electron chi connectivity index (χ2n) is 4.34. The molecule has 1 aliphatic rings. The first-order valence-electron chi connectivity index (χ1n) is 5.70. The van der Waals surface area contributed by atoms with Crippen LogP contribution in [0.15, 0.2) is 4.52 Å². The van der Waals surface area contributed by atoms with Gasteiger partial charge in [-0.25, -0.2) is 0 Å². The summed E-state index contributed by atoms with van der Waals surface area (Å²) in [6, 6.07) is 0. The number of hydrogen-bond donors (Lipinski definition) is 0. The molecule has 4 nitrogen and oxygen atoms in total. The van der Waals surface area contributed by atoms with Gasteiger partial charge in [-0.3, -0.25) is 0 Å². The third kappa shape index (κ3) is 3.30. The van der Waals surface area contributed by atoms with E-state index in [0.717, 1.165) is 31.2 Å². The summed E-state index contributed by atoms with van der Waals surface area (Å²) in [6.07, 6.45) is 4.51. The van der Waals surface area contributed by atoms with E-state index >= 15 is 0 Å². The van der Waals surface area contributed by atoms with E-state index in [-0.39, 0.29) is 0 Å². The summed E-state index contributed by atoms with van der Waals surface area (Å²) >= 11 is 0. The van der Waals surface area contributed by atoms with E-state index in [1.165, 1.54) is 12.8 Å². The Hall–Kier alpha value is -0.900. The van der Waals surface area contributed by atoms with Gasteiger partial charge in [0.2, 0.25) is 5.89 Å². The third-order valence-electron chi connectivity index (χ3n) is 2.41. The fourth-order valence-corrected chi connectivity index (χ4v) is 1.42. The van der Waals surface area contributed by atoms with Crippen LogP contribution in [0.5, 0.6) is 0 Å². The molecule has 1 heterocycles. The van der Waals surface area contributed by atoms with Crippen molar-refractivity contribution in [2.45, 2.75) is 51.6 Å². The van der Waals surface area contributed by atoms with Gasteiger partial charge in [0.05, 0.1) is 6.10 Å². The Kier molecular flexibility index (Phi) is 3.36. The third-order valence-corrected chi connectivity index (χ3v) is 2.41. The molecule has 0 atom stereocenters.